The van der Waals surface area contributed by atoms with Gasteiger partial charge in [0.2, 0.25) is 0 Å². The van der Waals surface area contributed by atoms with E-state index in [9.17, 15) is 10.1 Å². The van der Waals surface area contributed by atoms with Gasteiger partial charge in [-0.1, -0.05) is 44.1 Å². The lowest BCUT2D eigenvalue weighted by Crippen LogP contribution is -2.27. The Morgan fingerprint density at radius 2 is 2.04 bits per heavy atom. The summed E-state index contributed by atoms with van der Waals surface area (Å²) in [4.78, 5) is 12.4. The van der Waals surface area contributed by atoms with Crippen molar-refractivity contribution in [2.24, 2.45) is 0 Å². The third-order valence-corrected chi connectivity index (χ3v) is 3.84. The first kappa shape index (κ1) is 17.4. The lowest BCUT2D eigenvalue weighted by atomic mass is 9.93. The highest BCUT2D eigenvalue weighted by Gasteiger charge is 2.24. The number of para-hydroxylation sites is 1. The van der Waals surface area contributed by atoms with Crippen molar-refractivity contribution in [3.63, 3.8) is 0 Å². The van der Waals surface area contributed by atoms with Crippen LogP contribution < -0.4 is 5.32 Å². The van der Waals surface area contributed by atoms with Crippen LogP contribution in [0.15, 0.2) is 53.3 Å². The monoisotopic (exact) mass is 349 g/mol. The lowest BCUT2D eigenvalue weighted by molar-refractivity contribution is 0.0935. The van der Waals surface area contributed by atoms with Gasteiger partial charge >= 0.3 is 0 Å². The minimum atomic E-state index is -0.838. The summed E-state index contributed by atoms with van der Waals surface area (Å²) in [6.45, 7) is 5.89. The summed E-state index contributed by atoms with van der Waals surface area (Å²) >= 11 is 0. The Morgan fingerprint density at radius 3 is 2.65 bits per heavy atom. The number of nitriles is 1. The van der Waals surface area contributed by atoms with Crippen LogP contribution in [0.1, 0.15) is 48.6 Å². The van der Waals surface area contributed by atoms with Gasteiger partial charge in [-0.05, 0) is 12.1 Å². The molecule has 0 unspecified atom stereocenters. The van der Waals surface area contributed by atoms with Crippen LogP contribution in [0, 0.1) is 11.3 Å². The van der Waals surface area contributed by atoms with Crippen molar-refractivity contribution in [1.82, 2.24) is 20.3 Å². The molecule has 0 fully saturated rings. The normalized spacial score (nSPS) is 12.4. The molecule has 0 aliphatic heterocycles. The predicted octanol–water partition coefficient (Wildman–Crippen LogP) is 3.15. The Bertz CT molecular complexity index is 944. The van der Waals surface area contributed by atoms with Crippen molar-refractivity contribution in [3.8, 4) is 11.8 Å². The second-order valence-electron chi connectivity index (χ2n) is 6.92. The van der Waals surface area contributed by atoms with Crippen LogP contribution in [0.3, 0.4) is 0 Å². The van der Waals surface area contributed by atoms with Crippen molar-refractivity contribution >= 4 is 5.91 Å². The molecule has 7 nitrogen and oxygen atoms in total. The first-order chi connectivity index (χ1) is 12.4. The van der Waals surface area contributed by atoms with E-state index in [1.54, 1.807) is 23.1 Å². The molecule has 1 aromatic carbocycles. The number of nitrogens with one attached hydrogen (secondary N) is 1. The van der Waals surface area contributed by atoms with E-state index < -0.39 is 11.9 Å². The lowest BCUT2D eigenvalue weighted by Gasteiger charge is -2.12. The largest absolute Gasteiger partial charge is 0.360 e. The molecule has 7 heteroatoms. The number of aromatic nitrogens is 3. The van der Waals surface area contributed by atoms with Crippen molar-refractivity contribution in [2.45, 2.75) is 32.2 Å². The van der Waals surface area contributed by atoms with Crippen molar-refractivity contribution < 1.29 is 9.32 Å². The van der Waals surface area contributed by atoms with Crippen LogP contribution in [0.2, 0.25) is 0 Å². The zero-order valence-corrected chi connectivity index (χ0v) is 14.8. The molecule has 2 aromatic heterocycles. The molecule has 1 amide bonds. The number of hydrogen-bond donors (Lipinski definition) is 1. The SMILES string of the molecule is CC(C)(C)c1cc(C(=O)N[C@H](C#N)c2cnn(-c3ccccc3)c2)no1. The number of benzene rings is 1. The van der Waals surface area contributed by atoms with Gasteiger partial charge in [0.15, 0.2) is 5.69 Å². The molecule has 0 saturated carbocycles. The summed E-state index contributed by atoms with van der Waals surface area (Å²) in [7, 11) is 0. The van der Waals surface area contributed by atoms with E-state index in [1.165, 1.54) is 0 Å². The van der Waals surface area contributed by atoms with E-state index in [1.807, 2.05) is 51.1 Å². The van der Waals surface area contributed by atoms with Crippen molar-refractivity contribution in [1.29, 1.82) is 5.26 Å². The number of carbonyl (C=O) groups excluding carboxylic acids is 1. The van der Waals surface area contributed by atoms with Crippen LogP contribution in [0.25, 0.3) is 5.69 Å². The summed E-state index contributed by atoms with van der Waals surface area (Å²) in [6.07, 6.45) is 3.28. The zero-order valence-electron chi connectivity index (χ0n) is 14.8. The number of amides is 1. The molecule has 0 bridgehead atoms. The molecule has 0 aliphatic rings. The fraction of sp³-hybridized carbons (Fsp3) is 0.263. The molecule has 0 spiro atoms. The summed E-state index contributed by atoms with van der Waals surface area (Å²) < 4.78 is 6.88. The van der Waals surface area contributed by atoms with Gasteiger partial charge in [-0.25, -0.2) is 4.68 Å². The van der Waals surface area contributed by atoms with Gasteiger partial charge in [0.25, 0.3) is 5.91 Å². The highest BCUT2D eigenvalue weighted by Crippen LogP contribution is 2.23. The molecule has 26 heavy (non-hydrogen) atoms. The smallest absolute Gasteiger partial charge is 0.274 e. The third-order valence-electron chi connectivity index (χ3n) is 3.84. The van der Waals surface area contributed by atoms with E-state index in [4.69, 9.17) is 4.52 Å². The number of nitrogens with zero attached hydrogens (tertiary/aromatic N) is 4. The van der Waals surface area contributed by atoms with Crippen molar-refractivity contribution in [2.75, 3.05) is 0 Å². The third kappa shape index (κ3) is 3.64. The molecule has 3 aromatic rings. The Kier molecular flexibility index (Phi) is 4.59. The van der Waals surface area contributed by atoms with Crippen LogP contribution in [-0.4, -0.2) is 20.8 Å². The molecule has 0 radical (unpaired) electrons. The molecule has 3 rings (SSSR count). The number of hydrogen-bond acceptors (Lipinski definition) is 5. The molecule has 1 atom stereocenters. The average molecular weight is 349 g/mol. The van der Waals surface area contributed by atoms with Crippen LogP contribution in [0.5, 0.6) is 0 Å². The number of carbonyl (C=O) groups is 1. The summed E-state index contributed by atoms with van der Waals surface area (Å²) in [5.74, 6) is 0.135. The minimum absolute atomic E-state index is 0.144. The Labute approximate surface area is 151 Å². The van der Waals surface area contributed by atoms with E-state index >= 15 is 0 Å². The van der Waals surface area contributed by atoms with E-state index in [2.05, 4.69) is 21.6 Å². The van der Waals surface area contributed by atoms with Gasteiger partial charge in [0.1, 0.15) is 11.8 Å². The van der Waals surface area contributed by atoms with Gasteiger partial charge in [-0.15, -0.1) is 0 Å². The first-order valence-electron chi connectivity index (χ1n) is 8.16. The summed E-state index contributed by atoms with van der Waals surface area (Å²) in [6, 6.07) is 12.4. The maximum Gasteiger partial charge on any atom is 0.274 e. The fourth-order valence-electron chi connectivity index (χ4n) is 2.34. The minimum Gasteiger partial charge on any atom is -0.360 e. The van der Waals surface area contributed by atoms with Gasteiger partial charge in [0.05, 0.1) is 18.0 Å². The summed E-state index contributed by atoms with van der Waals surface area (Å²) in [5, 5.41) is 20.1. The summed E-state index contributed by atoms with van der Waals surface area (Å²) in [5.41, 5.74) is 1.35. The van der Waals surface area contributed by atoms with Crippen LogP contribution in [0.4, 0.5) is 0 Å². The molecule has 2 heterocycles. The van der Waals surface area contributed by atoms with E-state index in [0.717, 1.165) is 5.69 Å². The maximum atomic E-state index is 12.4. The van der Waals surface area contributed by atoms with Crippen LogP contribution >= 0.6 is 0 Å². The Hall–Kier alpha value is -3.40. The van der Waals surface area contributed by atoms with Gasteiger partial charge in [-0.2, -0.15) is 10.4 Å². The van der Waals surface area contributed by atoms with E-state index in [-0.39, 0.29) is 11.1 Å². The zero-order chi connectivity index (χ0) is 18.7. The molecule has 1 N–H and O–H groups in total. The van der Waals surface area contributed by atoms with Gasteiger partial charge in [0, 0.05) is 23.2 Å². The average Bonchev–Trinajstić information content (AvgIpc) is 3.29. The fourth-order valence-corrected chi connectivity index (χ4v) is 2.34. The molecule has 0 aliphatic carbocycles. The maximum absolute atomic E-state index is 12.4. The Balaban J connectivity index is 1.76. The number of rotatable bonds is 4. The topological polar surface area (TPSA) is 96.7 Å². The first-order valence-corrected chi connectivity index (χ1v) is 8.16. The van der Waals surface area contributed by atoms with E-state index in [0.29, 0.717) is 11.3 Å². The van der Waals surface area contributed by atoms with Gasteiger partial charge in [-0.3, -0.25) is 4.79 Å². The molecular weight excluding hydrogens is 330 g/mol. The second-order valence-corrected chi connectivity index (χ2v) is 6.92. The van der Waals surface area contributed by atoms with Crippen LogP contribution in [-0.2, 0) is 5.41 Å². The standard InChI is InChI=1S/C19H19N5O2/c1-19(2,3)17-9-15(23-26-17)18(25)22-16(10-20)13-11-21-24(12-13)14-7-5-4-6-8-14/h4-9,11-12,16H,1-3H3,(H,22,25)/t16-/m1/s1. The second kappa shape index (κ2) is 6.84. The molecule has 132 valence electrons. The molecular formula is C19H19N5O2. The highest BCUT2D eigenvalue weighted by atomic mass is 16.5. The predicted molar refractivity (Wildman–Crippen MR) is 94.6 cm³/mol. The highest BCUT2D eigenvalue weighted by molar-refractivity contribution is 5.92. The van der Waals surface area contributed by atoms with Crippen molar-refractivity contribution in [3.05, 3.63) is 65.8 Å². The quantitative estimate of drug-likeness (QED) is 0.780. The molecule has 0 saturated heterocycles. The Morgan fingerprint density at radius 1 is 1.31 bits per heavy atom. The van der Waals surface area contributed by atoms with Gasteiger partial charge < -0.3 is 9.84 Å².